The van der Waals surface area contributed by atoms with E-state index in [4.69, 9.17) is 16.3 Å². The number of nitrogens with zero attached hydrogens (tertiary/aromatic N) is 1. The molecule has 1 rings (SSSR count). The minimum atomic E-state index is -0.0787. The number of ether oxygens (including phenoxy) is 1. The number of urea groups is 1. The molecule has 0 aliphatic rings. The van der Waals surface area contributed by atoms with Crippen molar-refractivity contribution in [2.24, 2.45) is 0 Å². The van der Waals surface area contributed by atoms with Gasteiger partial charge in [0.2, 0.25) is 0 Å². The third-order valence-electron chi connectivity index (χ3n) is 4.32. The Bertz CT molecular complexity index is 560. The van der Waals surface area contributed by atoms with Gasteiger partial charge in [-0.15, -0.1) is 0 Å². The van der Waals surface area contributed by atoms with Crippen LogP contribution in [0.3, 0.4) is 0 Å². The van der Waals surface area contributed by atoms with Crippen LogP contribution >= 0.6 is 11.6 Å². The summed E-state index contributed by atoms with van der Waals surface area (Å²) in [6, 6.07) is 5.96. The summed E-state index contributed by atoms with van der Waals surface area (Å²) < 4.78 is 5.08. The summed E-state index contributed by atoms with van der Waals surface area (Å²) in [5.74, 6) is 0.783. The molecule has 1 N–H and O–H groups in total. The van der Waals surface area contributed by atoms with Crippen molar-refractivity contribution in [3.63, 3.8) is 0 Å². The number of hydrogen-bond acceptors (Lipinski definition) is 2. The zero-order chi connectivity index (χ0) is 18.1. The largest absolute Gasteiger partial charge is 0.502 e. The summed E-state index contributed by atoms with van der Waals surface area (Å²) in [7, 11) is 3.47. The Labute approximate surface area is 150 Å². The predicted octanol–water partition coefficient (Wildman–Crippen LogP) is 4.90. The molecule has 2 amide bonds. The van der Waals surface area contributed by atoms with Gasteiger partial charge >= 0.3 is 6.03 Å². The Balaban J connectivity index is 2.52. The fraction of sp³-hybridized carbons (Fsp3) is 0.526. The van der Waals surface area contributed by atoms with Crippen molar-refractivity contribution in [3.05, 3.63) is 46.7 Å². The topological polar surface area (TPSA) is 41.6 Å². The monoisotopic (exact) mass is 352 g/mol. The van der Waals surface area contributed by atoms with Gasteiger partial charge in [-0.1, -0.05) is 43.3 Å². The number of carbonyl (C=O) groups excluding carboxylic acids is 1. The highest BCUT2D eigenvalue weighted by atomic mass is 35.5. The quantitative estimate of drug-likeness (QED) is 0.642. The maximum Gasteiger partial charge on any atom is 0.317 e. The van der Waals surface area contributed by atoms with Gasteiger partial charge in [0, 0.05) is 31.1 Å². The Kier molecular flexibility index (Phi) is 8.69. The maximum atomic E-state index is 12.4. The van der Waals surface area contributed by atoms with Gasteiger partial charge in [-0.05, 0) is 37.3 Å². The van der Waals surface area contributed by atoms with Crippen molar-refractivity contribution in [2.75, 3.05) is 14.2 Å². The first kappa shape index (κ1) is 20.4. The van der Waals surface area contributed by atoms with Gasteiger partial charge in [0.05, 0.1) is 12.9 Å². The fourth-order valence-corrected chi connectivity index (χ4v) is 2.81. The van der Waals surface area contributed by atoms with Gasteiger partial charge in [0.15, 0.2) is 0 Å². The van der Waals surface area contributed by atoms with Crippen LogP contribution in [-0.2, 0) is 11.3 Å². The minimum Gasteiger partial charge on any atom is -0.502 e. The molecule has 4 nitrogen and oxygen atoms in total. The molecule has 134 valence electrons. The lowest BCUT2D eigenvalue weighted by atomic mass is 10.1. The van der Waals surface area contributed by atoms with E-state index < -0.39 is 0 Å². The molecule has 1 unspecified atom stereocenters. The van der Waals surface area contributed by atoms with Crippen LogP contribution < -0.4 is 5.32 Å². The Morgan fingerprint density at radius 1 is 1.46 bits per heavy atom. The molecule has 0 saturated heterocycles. The van der Waals surface area contributed by atoms with E-state index in [0.717, 1.165) is 42.6 Å². The summed E-state index contributed by atoms with van der Waals surface area (Å²) in [5, 5.41) is 3.67. The number of hydrogen-bond donors (Lipinski definition) is 1. The van der Waals surface area contributed by atoms with Crippen molar-refractivity contribution >= 4 is 17.6 Å². The second kappa shape index (κ2) is 10.2. The summed E-state index contributed by atoms with van der Waals surface area (Å²) in [6.07, 6.45) is 3.61. The lowest BCUT2D eigenvalue weighted by molar-refractivity contribution is 0.182. The van der Waals surface area contributed by atoms with E-state index in [-0.39, 0.29) is 12.1 Å². The first-order chi connectivity index (χ1) is 11.4. The van der Waals surface area contributed by atoms with Crippen LogP contribution in [0.25, 0.3) is 0 Å². The highest BCUT2D eigenvalue weighted by Crippen LogP contribution is 2.20. The third-order valence-corrected chi connectivity index (χ3v) is 4.86. The lowest BCUT2D eigenvalue weighted by Crippen LogP contribution is -2.43. The molecule has 5 heteroatoms. The molecule has 0 heterocycles. The summed E-state index contributed by atoms with van der Waals surface area (Å²) >= 11 is 6.27. The number of rotatable bonds is 9. The number of aryl methyl sites for hydroxylation is 1. The Hall–Kier alpha value is -1.68. The lowest BCUT2D eigenvalue weighted by Gasteiger charge is -2.27. The normalized spacial score (nSPS) is 11.7. The molecule has 0 aliphatic heterocycles. The average Bonchev–Trinajstić information content (AvgIpc) is 2.58. The summed E-state index contributed by atoms with van der Waals surface area (Å²) in [6.45, 7) is 8.31. The van der Waals surface area contributed by atoms with Crippen LogP contribution in [0.4, 0.5) is 4.79 Å². The smallest absolute Gasteiger partial charge is 0.317 e. The second-order valence-electron chi connectivity index (χ2n) is 6.01. The first-order valence-electron chi connectivity index (χ1n) is 8.37. The van der Waals surface area contributed by atoms with Crippen molar-refractivity contribution in [1.82, 2.24) is 10.2 Å². The zero-order valence-electron chi connectivity index (χ0n) is 15.2. The number of amides is 2. The van der Waals surface area contributed by atoms with Crippen LogP contribution in [-0.4, -0.2) is 31.1 Å². The SMILES string of the molecule is C=C(CCCC(CC)N(C)C(=O)NCc1cccc(C)c1Cl)OC. The summed E-state index contributed by atoms with van der Waals surface area (Å²) in [4.78, 5) is 14.2. The molecule has 1 aromatic rings. The van der Waals surface area contributed by atoms with E-state index in [9.17, 15) is 4.79 Å². The van der Waals surface area contributed by atoms with Crippen LogP contribution in [0.1, 0.15) is 43.7 Å². The van der Waals surface area contributed by atoms with Crippen molar-refractivity contribution in [2.45, 2.75) is 52.1 Å². The fourth-order valence-electron chi connectivity index (χ4n) is 2.61. The van der Waals surface area contributed by atoms with Crippen LogP contribution in [0.2, 0.25) is 5.02 Å². The van der Waals surface area contributed by atoms with Gasteiger partial charge < -0.3 is 15.0 Å². The predicted molar refractivity (Wildman–Crippen MR) is 100 cm³/mol. The molecule has 0 aromatic heterocycles. The van der Waals surface area contributed by atoms with Gasteiger partial charge in [0.1, 0.15) is 0 Å². The number of methoxy groups -OCH3 is 1. The number of allylic oxidation sites excluding steroid dienone is 1. The zero-order valence-corrected chi connectivity index (χ0v) is 15.9. The Morgan fingerprint density at radius 3 is 2.79 bits per heavy atom. The molecule has 1 aromatic carbocycles. The molecule has 1 atom stereocenters. The van der Waals surface area contributed by atoms with E-state index in [1.54, 1.807) is 12.0 Å². The summed E-state index contributed by atoms with van der Waals surface area (Å²) in [5.41, 5.74) is 1.95. The van der Waals surface area contributed by atoms with Crippen molar-refractivity contribution in [3.8, 4) is 0 Å². The van der Waals surface area contributed by atoms with Crippen LogP contribution in [0.15, 0.2) is 30.5 Å². The van der Waals surface area contributed by atoms with E-state index in [0.29, 0.717) is 11.6 Å². The van der Waals surface area contributed by atoms with E-state index in [1.165, 1.54) is 0 Å². The average molecular weight is 353 g/mol. The molecule has 0 fully saturated rings. The van der Waals surface area contributed by atoms with Crippen LogP contribution in [0.5, 0.6) is 0 Å². The highest BCUT2D eigenvalue weighted by Gasteiger charge is 2.18. The highest BCUT2D eigenvalue weighted by molar-refractivity contribution is 6.32. The van der Waals surface area contributed by atoms with Gasteiger partial charge in [-0.25, -0.2) is 4.79 Å². The standard InChI is InChI=1S/C19H29ClN2O2/c1-6-17(12-8-10-15(3)24-5)22(4)19(23)21-13-16-11-7-9-14(2)18(16)20/h7,9,11,17H,3,6,8,10,12-13H2,1-2,4-5H3,(H,21,23). The van der Waals surface area contributed by atoms with Crippen molar-refractivity contribution in [1.29, 1.82) is 0 Å². The van der Waals surface area contributed by atoms with Crippen LogP contribution in [0, 0.1) is 6.92 Å². The number of nitrogens with one attached hydrogen (secondary N) is 1. The molecular weight excluding hydrogens is 324 g/mol. The van der Waals surface area contributed by atoms with Gasteiger partial charge in [-0.3, -0.25) is 0 Å². The second-order valence-corrected chi connectivity index (χ2v) is 6.39. The maximum absolute atomic E-state index is 12.4. The Morgan fingerprint density at radius 2 is 2.17 bits per heavy atom. The van der Waals surface area contributed by atoms with E-state index in [2.05, 4.69) is 18.8 Å². The molecule has 24 heavy (non-hydrogen) atoms. The van der Waals surface area contributed by atoms with Gasteiger partial charge in [-0.2, -0.15) is 0 Å². The minimum absolute atomic E-state index is 0.0787. The number of halogens is 1. The molecule has 0 saturated carbocycles. The number of benzene rings is 1. The third kappa shape index (κ3) is 6.08. The number of carbonyl (C=O) groups is 1. The first-order valence-corrected chi connectivity index (χ1v) is 8.74. The molecule has 0 radical (unpaired) electrons. The van der Waals surface area contributed by atoms with E-state index in [1.807, 2.05) is 32.2 Å². The van der Waals surface area contributed by atoms with Crippen molar-refractivity contribution < 1.29 is 9.53 Å². The molecule has 0 bridgehead atoms. The molecule has 0 aliphatic carbocycles. The van der Waals surface area contributed by atoms with E-state index >= 15 is 0 Å². The molecule has 0 spiro atoms. The molecular formula is C19H29ClN2O2. The van der Waals surface area contributed by atoms with Gasteiger partial charge in [0.25, 0.3) is 0 Å².